The number of rotatable bonds is 5. The van der Waals surface area contributed by atoms with Crippen molar-refractivity contribution < 1.29 is 14.3 Å². The lowest BCUT2D eigenvalue weighted by molar-refractivity contribution is 0.0855. The van der Waals surface area contributed by atoms with Crippen molar-refractivity contribution in [2.45, 2.75) is 18.8 Å². The number of ether oxygens (including phenoxy) is 2. The summed E-state index contributed by atoms with van der Waals surface area (Å²) < 4.78 is 11.0. The second kappa shape index (κ2) is 6.96. The molecular weight excluding hydrogens is 330 g/mol. The van der Waals surface area contributed by atoms with Crippen LogP contribution in [-0.2, 0) is 0 Å². The number of carbonyl (C=O) groups excluding carboxylic acids is 1. The molecule has 26 heavy (non-hydrogen) atoms. The van der Waals surface area contributed by atoms with Gasteiger partial charge in [0, 0.05) is 30.2 Å². The summed E-state index contributed by atoms with van der Waals surface area (Å²) in [6.45, 7) is 3.28. The molecule has 4 heterocycles. The summed E-state index contributed by atoms with van der Waals surface area (Å²) >= 11 is 0. The SMILES string of the molecule is COc1cccc(Oc2ccc(C(N)=O)c([C@@H]3CN4CCC3CC4)c2)n1. The molecule has 0 saturated carbocycles. The van der Waals surface area contributed by atoms with Crippen LogP contribution in [0.3, 0.4) is 0 Å². The van der Waals surface area contributed by atoms with Gasteiger partial charge in [-0.25, -0.2) is 0 Å². The number of benzene rings is 1. The highest BCUT2D eigenvalue weighted by molar-refractivity contribution is 5.94. The van der Waals surface area contributed by atoms with E-state index in [-0.39, 0.29) is 5.91 Å². The van der Waals surface area contributed by atoms with E-state index in [9.17, 15) is 4.79 Å². The third-order valence-corrected chi connectivity index (χ3v) is 5.47. The maximum absolute atomic E-state index is 12.0. The van der Waals surface area contributed by atoms with Crippen LogP contribution < -0.4 is 15.2 Å². The van der Waals surface area contributed by atoms with Crippen LogP contribution in [0.25, 0.3) is 0 Å². The molecule has 3 saturated heterocycles. The van der Waals surface area contributed by atoms with Crippen molar-refractivity contribution in [2.24, 2.45) is 11.7 Å². The van der Waals surface area contributed by atoms with Crippen molar-refractivity contribution in [3.8, 4) is 17.5 Å². The van der Waals surface area contributed by atoms with Crippen LogP contribution >= 0.6 is 0 Å². The fourth-order valence-electron chi connectivity index (χ4n) is 4.14. The van der Waals surface area contributed by atoms with Gasteiger partial charge in [0.2, 0.25) is 17.7 Å². The number of amides is 1. The van der Waals surface area contributed by atoms with E-state index >= 15 is 0 Å². The van der Waals surface area contributed by atoms with Gasteiger partial charge in [0.15, 0.2) is 0 Å². The fourth-order valence-corrected chi connectivity index (χ4v) is 4.14. The van der Waals surface area contributed by atoms with Crippen molar-refractivity contribution >= 4 is 5.91 Å². The van der Waals surface area contributed by atoms with Gasteiger partial charge >= 0.3 is 0 Å². The number of aromatic nitrogens is 1. The Hall–Kier alpha value is -2.60. The minimum absolute atomic E-state index is 0.321. The maximum Gasteiger partial charge on any atom is 0.248 e. The maximum atomic E-state index is 12.0. The van der Waals surface area contributed by atoms with Gasteiger partial charge in [-0.2, -0.15) is 4.98 Å². The minimum atomic E-state index is -0.387. The van der Waals surface area contributed by atoms with E-state index in [1.54, 1.807) is 31.4 Å². The standard InChI is InChI=1S/C20H23N3O3/c1-25-18-3-2-4-19(22-18)26-14-5-6-15(20(21)24)16(11-14)17-12-23-9-7-13(17)8-10-23/h2-6,11,13,17H,7-10,12H2,1H3,(H2,21,24)/t17-/m1/s1. The second-order valence-corrected chi connectivity index (χ2v) is 6.98. The van der Waals surface area contributed by atoms with Crippen LogP contribution in [0.15, 0.2) is 36.4 Å². The van der Waals surface area contributed by atoms with Crippen molar-refractivity contribution in [2.75, 3.05) is 26.7 Å². The monoisotopic (exact) mass is 353 g/mol. The number of fused-ring (bicyclic) bond motifs is 3. The summed E-state index contributed by atoms with van der Waals surface area (Å²) in [5.74, 6) is 2.14. The fraction of sp³-hybridized carbons (Fsp3) is 0.400. The van der Waals surface area contributed by atoms with E-state index in [0.29, 0.717) is 34.9 Å². The lowest BCUT2D eigenvalue weighted by Gasteiger charge is -2.45. The molecule has 0 aliphatic carbocycles. The molecule has 1 aromatic heterocycles. The molecule has 3 aliphatic rings. The quantitative estimate of drug-likeness (QED) is 0.894. The summed E-state index contributed by atoms with van der Waals surface area (Å²) in [6.07, 6.45) is 2.34. The highest BCUT2D eigenvalue weighted by atomic mass is 16.5. The predicted octanol–water partition coefficient (Wildman–Crippen LogP) is 2.79. The molecule has 6 heteroatoms. The molecule has 1 atom stereocenters. The molecule has 2 N–H and O–H groups in total. The number of primary amides is 1. The second-order valence-electron chi connectivity index (χ2n) is 6.98. The van der Waals surface area contributed by atoms with Crippen LogP contribution in [0.5, 0.6) is 17.5 Å². The Morgan fingerprint density at radius 1 is 1.19 bits per heavy atom. The van der Waals surface area contributed by atoms with E-state index in [0.717, 1.165) is 25.2 Å². The van der Waals surface area contributed by atoms with Crippen LogP contribution in [0.1, 0.15) is 34.7 Å². The normalized spacial score (nSPS) is 24.3. The molecule has 1 aromatic carbocycles. The van der Waals surface area contributed by atoms with Gasteiger partial charge in [-0.3, -0.25) is 4.79 Å². The molecule has 0 radical (unpaired) electrons. The molecule has 1 amide bonds. The molecule has 136 valence electrons. The van der Waals surface area contributed by atoms with Crippen molar-refractivity contribution in [1.82, 2.24) is 9.88 Å². The van der Waals surface area contributed by atoms with Crippen LogP contribution in [-0.4, -0.2) is 42.5 Å². The zero-order valence-electron chi connectivity index (χ0n) is 14.9. The van der Waals surface area contributed by atoms with Gasteiger partial charge in [0.05, 0.1) is 7.11 Å². The summed E-state index contributed by atoms with van der Waals surface area (Å²) in [7, 11) is 1.57. The van der Waals surface area contributed by atoms with Crippen LogP contribution in [0.4, 0.5) is 0 Å². The van der Waals surface area contributed by atoms with Gasteiger partial charge in [-0.15, -0.1) is 0 Å². The Balaban J connectivity index is 1.66. The molecular formula is C20H23N3O3. The molecule has 2 bridgehead atoms. The largest absolute Gasteiger partial charge is 0.481 e. The smallest absolute Gasteiger partial charge is 0.248 e. The number of pyridine rings is 1. The average Bonchev–Trinajstić information content (AvgIpc) is 2.68. The zero-order valence-corrected chi connectivity index (χ0v) is 14.9. The summed E-state index contributed by atoms with van der Waals surface area (Å²) in [6, 6.07) is 10.9. The molecule has 0 unspecified atom stereocenters. The number of methoxy groups -OCH3 is 1. The van der Waals surface area contributed by atoms with Crippen molar-refractivity contribution in [3.05, 3.63) is 47.5 Å². The Bertz CT molecular complexity index is 816. The minimum Gasteiger partial charge on any atom is -0.481 e. The number of carbonyl (C=O) groups is 1. The molecule has 3 aliphatic heterocycles. The van der Waals surface area contributed by atoms with E-state index in [1.807, 2.05) is 12.1 Å². The number of nitrogens with zero attached hydrogens (tertiary/aromatic N) is 2. The number of hydrogen-bond acceptors (Lipinski definition) is 5. The first-order valence-corrected chi connectivity index (χ1v) is 8.99. The molecule has 0 spiro atoms. The highest BCUT2D eigenvalue weighted by Gasteiger charge is 2.36. The first kappa shape index (κ1) is 16.8. The van der Waals surface area contributed by atoms with Crippen LogP contribution in [0, 0.1) is 5.92 Å². The summed E-state index contributed by atoms with van der Waals surface area (Å²) in [5.41, 5.74) is 7.22. The van der Waals surface area contributed by atoms with Gasteiger partial charge in [0.1, 0.15) is 5.75 Å². The third-order valence-electron chi connectivity index (χ3n) is 5.47. The van der Waals surface area contributed by atoms with Gasteiger partial charge < -0.3 is 20.1 Å². The number of piperidine rings is 3. The predicted molar refractivity (Wildman–Crippen MR) is 97.7 cm³/mol. The molecule has 3 fully saturated rings. The Kier molecular flexibility index (Phi) is 4.51. The third kappa shape index (κ3) is 3.24. The Morgan fingerprint density at radius 3 is 2.62 bits per heavy atom. The van der Waals surface area contributed by atoms with E-state index < -0.39 is 0 Å². The van der Waals surface area contributed by atoms with Crippen molar-refractivity contribution in [1.29, 1.82) is 0 Å². The average molecular weight is 353 g/mol. The van der Waals surface area contributed by atoms with Gasteiger partial charge in [-0.05, 0) is 55.6 Å². The summed E-state index contributed by atoms with van der Waals surface area (Å²) in [4.78, 5) is 18.7. The topological polar surface area (TPSA) is 77.7 Å². The zero-order chi connectivity index (χ0) is 18.1. The summed E-state index contributed by atoms with van der Waals surface area (Å²) in [5, 5.41) is 0. The first-order chi connectivity index (χ1) is 12.6. The lowest BCUT2D eigenvalue weighted by Crippen LogP contribution is -2.46. The van der Waals surface area contributed by atoms with Crippen LogP contribution in [0.2, 0.25) is 0 Å². The number of nitrogens with two attached hydrogens (primary N) is 1. The van der Waals surface area contributed by atoms with E-state index in [1.165, 1.54) is 12.8 Å². The highest BCUT2D eigenvalue weighted by Crippen LogP contribution is 2.41. The molecule has 2 aromatic rings. The molecule has 5 rings (SSSR count). The van der Waals surface area contributed by atoms with Gasteiger partial charge in [-0.1, -0.05) is 6.07 Å². The Morgan fingerprint density at radius 2 is 1.96 bits per heavy atom. The van der Waals surface area contributed by atoms with Crippen molar-refractivity contribution in [3.63, 3.8) is 0 Å². The van der Waals surface area contributed by atoms with E-state index in [4.69, 9.17) is 15.2 Å². The van der Waals surface area contributed by atoms with Gasteiger partial charge in [0.25, 0.3) is 0 Å². The first-order valence-electron chi connectivity index (χ1n) is 8.99. The van der Waals surface area contributed by atoms with E-state index in [2.05, 4.69) is 9.88 Å². The lowest BCUT2D eigenvalue weighted by atomic mass is 9.74. The number of hydrogen-bond donors (Lipinski definition) is 1. The molecule has 6 nitrogen and oxygen atoms in total. The Labute approximate surface area is 152 Å².